The van der Waals surface area contributed by atoms with Crippen molar-refractivity contribution in [2.45, 2.75) is 6.10 Å². The molecule has 2 aromatic carbocycles. The quantitative estimate of drug-likeness (QED) is 0.566. The van der Waals surface area contributed by atoms with Crippen LogP contribution in [0.15, 0.2) is 48.5 Å². The van der Waals surface area contributed by atoms with Crippen molar-refractivity contribution in [2.24, 2.45) is 0 Å². The van der Waals surface area contributed by atoms with Crippen LogP contribution in [0.4, 0.5) is 0 Å². The third kappa shape index (κ3) is 4.78. The smallest absolute Gasteiger partial charge is 0.296 e. The molecule has 0 heterocycles. The molecular formula is C19H17NO4. The van der Waals surface area contributed by atoms with Gasteiger partial charge >= 0.3 is 0 Å². The second-order valence-corrected chi connectivity index (χ2v) is 5.08. The van der Waals surface area contributed by atoms with Gasteiger partial charge in [-0.2, -0.15) is 0 Å². The summed E-state index contributed by atoms with van der Waals surface area (Å²) in [5.74, 6) is 4.49. The molecule has 2 rings (SSSR count). The van der Waals surface area contributed by atoms with E-state index in [4.69, 9.17) is 10.2 Å². The summed E-state index contributed by atoms with van der Waals surface area (Å²) in [4.78, 5) is 22.9. The molecule has 2 aromatic rings. The molecule has 0 spiro atoms. The van der Waals surface area contributed by atoms with E-state index >= 15 is 0 Å². The molecule has 5 nitrogen and oxygen atoms in total. The number of amides is 1. The Labute approximate surface area is 140 Å². The molecule has 1 unspecified atom stereocenters. The lowest BCUT2D eigenvalue weighted by molar-refractivity contribution is -0.116. The molecule has 0 aromatic heterocycles. The van der Waals surface area contributed by atoms with Crippen molar-refractivity contribution in [3.8, 4) is 23.0 Å². The van der Waals surface area contributed by atoms with Crippen LogP contribution in [0, 0.1) is 11.8 Å². The zero-order valence-electron chi connectivity index (χ0n) is 12.9. The van der Waals surface area contributed by atoms with E-state index in [9.17, 15) is 9.59 Å². The molecule has 0 radical (unpaired) electrons. The maximum Gasteiger partial charge on any atom is 0.296 e. The van der Waals surface area contributed by atoms with Crippen molar-refractivity contribution in [2.75, 3.05) is 13.2 Å². The highest BCUT2D eigenvalue weighted by atomic mass is 16.3. The topological polar surface area (TPSA) is 86.6 Å². The van der Waals surface area contributed by atoms with Crippen LogP contribution < -0.4 is 5.32 Å². The van der Waals surface area contributed by atoms with Crippen LogP contribution >= 0.6 is 0 Å². The molecule has 1 amide bonds. The number of benzene rings is 2. The van der Waals surface area contributed by atoms with Crippen molar-refractivity contribution < 1.29 is 19.8 Å². The number of hydrogen-bond acceptors (Lipinski definition) is 4. The summed E-state index contributed by atoms with van der Waals surface area (Å²) >= 11 is 0. The molecule has 0 saturated carbocycles. The zero-order valence-corrected chi connectivity index (χ0v) is 12.9. The Kier molecular flexibility index (Phi) is 6.26. The minimum Gasteiger partial charge on any atom is -0.394 e. The SMILES string of the molecule is O=Cc1cc(C#CC(=O)NCC(O)CO)ccc1-c1ccccc1. The van der Waals surface area contributed by atoms with Crippen molar-refractivity contribution in [3.63, 3.8) is 0 Å². The first-order valence-electron chi connectivity index (χ1n) is 7.37. The van der Waals surface area contributed by atoms with Gasteiger partial charge in [0.05, 0.1) is 12.7 Å². The Balaban J connectivity index is 2.15. The van der Waals surface area contributed by atoms with Gasteiger partial charge in [-0.25, -0.2) is 0 Å². The molecule has 0 bridgehead atoms. The average Bonchev–Trinajstić information content (AvgIpc) is 2.64. The molecule has 0 aliphatic heterocycles. The molecule has 24 heavy (non-hydrogen) atoms. The van der Waals surface area contributed by atoms with Crippen molar-refractivity contribution in [1.82, 2.24) is 5.32 Å². The van der Waals surface area contributed by atoms with E-state index < -0.39 is 18.6 Å². The molecule has 0 aliphatic rings. The predicted molar refractivity (Wildman–Crippen MR) is 90.2 cm³/mol. The van der Waals surface area contributed by atoms with E-state index in [-0.39, 0.29) is 6.54 Å². The Morgan fingerprint density at radius 2 is 1.96 bits per heavy atom. The van der Waals surface area contributed by atoms with Crippen LogP contribution in [-0.2, 0) is 4.79 Å². The highest BCUT2D eigenvalue weighted by Crippen LogP contribution is 2.23. The summed E-state index contributed by atoms with van der Waals surface area (Å²) in [6.45, 7) is -0.506. The summed E-state index contributed by atoms with van der Waals surface area (Å²) < 4.78 is 0. The highest BCUT2D eigenvalue weighted by molar-refractivity contribution is 5.94. The van der Waals surface area contributed by atoms with Crippen molar-refractivity contribution >= 4 is 12.2 Å². The number of aliphatic hydroxyl groups excluding tert-OH is 2. The number of carbonyl (C=O) groups is 2. The Morgan fingerprint density at radius 1 is 1.21 bits per heavy atom. The second kappa shape index (κ2) is 8.63. The summed E-state index contributed by atoms with van der Waals surface area (Å²) in [6.07, 6.45) is -0.256. The monoisotopic (exact) mass is 323 g/mol. The van der Waals surface area contributed by atoms with Gasteiger partial charge in [-0.3, -0.25) is 9.59 Å². The fourth-order valence-corrected chi connectivity index (χ4v) is 2.07. The number of hydrogen-bond donors (Lipinski definition) is 3. The second-order valence-electron chi connectivity index (χ2n) is 5.08. The van der Waals surface area contributed by atoms with Gasteiger partial charge in [0.2, 0.25) is 0 Å². The van der Waals surface area contributed by atoms with Crippen LogP contribution in [-0.4, -0.2) is 41.7 Å². The summed E-state index contributed by atoms with van der Waals surface area (Å²) in [5.41, 5.74) is 2.75. The van der Waals surface area contributed by atoms with Crippen molar-refractivity contribution in [1.29, 1.82) is 0 Å². The summed E-state index contributed by atoms with van der Waals surface area (Å²) in [7, 11) is 0. The molecule has 3 N–H and O–H groups in total. The first kappa shape index (κ1) is 17.4. The van der Waals surface area contributed by atoms with Gasteiger partial charge in [-0.1, -0.05) is 42.3 Å². The molecular weight excluding hydrogens is 306 g/mol. The van der Waals surface area contributed by atoms with E-state index in [1.165, 1.54) is 0 Å². The Morgan fingerprint density at radius 3 is 2.62 bits per heavy atom. The number of carbonyl (C=O) groups excluding carboxylic acids is 2. The fourth-order valence-electron chi connectivity index (χ4n) is 2.07. The first-order valence-corrected chi connectivity index (χ1v) is 7.37. The maximum absolute atomic E-state index is 11.5. The van der Waals surface area contributed by atoms with Gasteiger partial charge in [-0.05, 0) is 23.3 Å². The van der Waals surface area contributed by atoms with Crippen LogP contribution in [0.3, 0.4) is 0 Å². The molecule has 0 fully saturated rings. The minimum atomic E-state index is -1.01. The Bertz CT molecular complexity index is 775. The minimum absolute atomic E-state index is 0.0729. The molecule has 122 valence electrons. The van der Waals surface area contributed by atoms with Gasteiger partial charge in [0.25, 0.3) is 5.91 Å². The fraction of sp³-hybridized carbons (Fsp3) is 0.158. The highest BCUT2D eigenvalue weighted by Gasteiger charge is 2.05. The zero-order chi connectivity index (χ0) is 17.4. The lowest BCUT2D eigenvalue weighted by Gasteiger charge is -2.06. The van der Waals surface area contributed by atoms with E-state index in [1.54, 1.807) is 18.2 Å². The van der Waals surface area contributed by atoms with Crippen LogP contribution in [0.2, 0.25) is 0 Å². The average molecular weight is 323 g/mol. The van der Waals surface area contributed by atoms with E-state index in [0.717, 1.165) is 17.4 Å². The van der Waals surface area contributed by atoms with Gasteiger partial charge in [-0.15, -0.1) is 0 Å². The van der Waals surface area contributed by atoms with Gasteiger partial charge in [0.1, 0.15) is 0 Å². The third-order valence-electron chi connectivity index (χ3n) is 3.29. The Hall–Kier alpha value is -2.94. The van der Waals surface area contributed by atoms with Crippen LogP contribution in [0.5, 0.6) is 0 Å². The largest absolute Gasteiger partial charge is 0.394 e. The first-order chi connectivity index (χ1) is 11.6. The lowest BCUT2D eigenvalue weighted by Crippen LogP contribution is -2.33. The molecule has 0 saturated heterocycles. The van der Waals surface area contributed by atoms with Crippen LogP contribution in [0.1, 0.15) is 15.9 Å². The van der Waals surface area contributed by atoms with E-state index in [2.05, 4.69) is 17.2 Å². The van der Waals surface area contributed by atoms with E-state index in [0.29, 0.717) is 11.1 Å². The molecule has 0 aliphatic carbocycles. The van der Waals surface area contributed by atoms with Gasteiger partial charge < -0.3 is 15.5 Å². The summed E-state index contributed by atoms with van der Waals surface area (Å²) in [6, 6.07) is 14.6. The molecule has 5 heteroatoms. The normalized spacial score (nSPS) is 11.1. The predicted octanol–water partition coefficient (Wildman–Crippen LogP) is 0.987. The van der Waals surface area contributed by atoms with Crippen LogP contribution in [0.25, 0.3) is 11.1 Å². The third-order valence-corrected chi connectivity index (χ3v) is 3.29. The van der Waals surface area contributed by atoms with Gasteiger partial charge in [0.15, 0.2) is 6.29 Å². The summed E-state index contributed by atoms with van der Waals surface area (Å²) in [5, 5.41) is 20.2. The van der Waals surface area contributed by atoms with Gasteiger partial charge in [0, 0.05) is 23.6 Å². The van der Waals surface area contributed by atoms with E-state index in [1.807, 2.05) is 30.3 Å². The molecule has 1 atom stereocenters. The number of rotatable bonds is 5. The number of aliphatic hydroxyl groups is 2. The standard InChI is InChI=1S/C19H17NO4/c21-12-16-10-14(7-9-19(24)20-11-17(23)13-22)6-8-18(16)15-4-2-1-3-5-15/h1-6,8,10,12,17,22-23H,11,13H2,(H,20,24). The lowest BCUT2D eigenvalue weighted by atomic mass is 9.98. The number of aldehydes is 1. The maximum atomic E-state index is 11.5. The number of nitrogens with one attached hydrogen (secondary N) is 1. The van der Waals surface area contributed by atoms with Crippen molar-refractivity contribution in [3.05, 3.63) is 59.7 Å².